The molecule has 0 aromatic rings. The molecule has 2 heterocycles. The highest BCUT2D eigenvalue weighted by Crippen LogP contribution is 2.39. The summed E-state index contributed by atoms with van der Waals surface area (Å²) in [5.74, 6) is -0.165. The zero-order chi connectivity index (χ0) is 18.7. The molecule has 1 saturated heterocycles. The molecule has 1 fully saturated rings. The molecular formula is C20H36O4Si. The van der Waals surface area contributed by atoms with Crippen molar-refractivity contribution in [2.24, 2.45) is 0 Å². The van der Waals surface area contributed by atoms with E-state index in [0.717, 1.165) is 25.0 Å². The van der Waals surface area contributed by atoms with Gasteiger partial charge in [0, 0.05) is 18.1 Å². The zero-order valence-electron chi connectivity index (χ0n) is 16.9. The van der Waals surface area contributed by atoms with E-state index in [4.69, 9.17) is 13.9 Å². The van der Waals surface area contributed by atoms with Crippen LogP contribution in [0.4, 0.5) is 0 Å². The van der Waals surface area contributed by atoms with E-state index in [-0.39, 0.29) is 23.2 Å². The van der Waals surface area contributed by atoms with E-state index >= 15 is 0 Å². The van der Waals surface area contributed by atoms with Gasteiger partial charge in [0.05, 0.1) is 12.7 Å². The van der Waals surface area contributed by atoms with Crippen LogP contribution in [0.25, 0.3) is 0 Å². The number of esters is 1. The Morgan fingerprint density at radius 2 is 1.96 bits per heavy atom. The fourth-order valence-electron chi connectivity index (χ4n) is 2.98. The average molecular weight is 369 g/mol. The molecule has 0 bridgehead atoms. The van der Waals surface area contributed by atoms with E-state index in [0.29, 0.717) is 12.5 Å². The smallest absolute Gasteiger partial charge is 0.334 e. The van der Waals surface area contributed by atoms with Crippen molar-refractivity contribution in [3.05, 3.63) is 11.6 Å². The molecule has 2 aliphatic rings. The van der Waals surface area contributed by atoms with Crippen molar-refractivity contribution in [2.45, 2.75) is 103 Å². The minimum Gasteiger partial charge on any atom is -0.455 e. The number of carbonyl (C=O) groups is 1. The maximum absolute atomic E-state index is 12.0. The Labute approximate surface area is 154 Å². The van der Waals surface area contributed by atoms with Crippen molar-refractivity contribution in [1.29, 1.82) is 0 Å². The first-order valence-electron chi connectivity index (χ1n) is 9.79. The first-order chi connectivity index (χ1) is 11.6. The van der Waals surface area contributed by atoms with Gasteiger partial charge in [0.1, 0.15) is 6.10 Å². The van der Waals surface area contributed by atoms with E-state index in [1.54, 1.807) is 0 Å². The van der Waals surface area contributed by atoms with Crippen LogP contribution in [0.2, 0.25) is 18.1 Å². The number of epoxide rings is 1. The van der Waals surface area contributed by atoms with Gasteiger partial charge in [0.2, 0.25) is 0 Å². The van der Waals surface area contributed by atoms with Crippen LogP contribution in [0.5, 0.6) is 0 Å². The summed E-state index contributed by atoms with van der Waals surface area (Å²) >= 11 is 0. The standard InChI is InChI=1S/C20H36O4Si/c1-15-12-16(19(21)23-15)13-17(24-25(5,6)20(2,3)4)10-8-7-9-11-18-14-22-18/h12,15,17-18H,7-11,13-14H2,1-6H3/t15-,17+,18?/m0/s1. The fourth-order valence-corrected chi connectivity index (χ4v) is 4.37. The van der Waals surface area contributed by atoms with Crippen LogP contribution < -0.4 is 0 Å². The molecule has 0 radical (unpaired) electrons. The lowest BCUT2D eigenvalue weighted by atomic mass is 10.0. The molecular weight excluding hydrogens is 332 g/mol. The summed E-state index contributed by atoms with van der Waals surface area (Å²) in [5.41, 5.74) is 0.794. The van der Waals surface area contributed by atoms with Crippen LogP contribution in [0, 0.1) is 0 Å². The van der Waals surface area contributed by atoms with Crippen LogP contribution in [0.1, 0.15) is 66.2 Å². The van der Waals surface area contributed by atoms with Crippen molar-refractivity contribution in [3.63, 3.8) is 0 Å². The highest BCUT2D eigenvalue weighted by Gasteiger charge is 2.39. The predicted octanol–water partition coefficient (Wildman–Crippen LogP) is 4.99. The summed E-state index contributed by atoms with van der Waals surface area (Å²) < 4.78 is 17.2. The monoisotopic (exact) mass is 368 g/mol. The number of ether oxygens (including phenoxy) is 2. The summed E-state index contributed by atoms with van der Waals surface area (Å²) in [6.45, 7) is 14.2. The molecule has 0 spiro atoms. The number of unbranched alkanes of at least 4 members (excludes halogenated alkanes) is 2. The molecule has 2 aliphatic heterocycles. The predicted molar refractivity (Wildman–Crippen MR) is 103 cm³/mol. The summed E-state index contributed by atoms with van der Waals surface area (Å²) in [6.07, 6.45) is 8.94. The largest absolute Gasteiger partial charge is 0.455 e. The molecule has 3 atom stereocenters. The van der Waals surface area contributed by atoms with Gasteiger partial charge in [-0.2, -0.15) is 0 Å². The molecule has 144 valence electrons. The fraction of sp³-hybridized carbons (Fsp3) is 0.850. The van der Waals surface area contributed by atoms with E-state index in [1.807, 2.05) is 13.0 Å². The van der Waals surface area contributed by atoms with E-state index in [1.165, 1.54) is 19.3 Å². The summed E-state index contributed by atoms with van der Waals surface area (Å²) in [6, 6.07) is 0. The second kappa shape index (κ2) is 8.36. The van der Waals surface area contributed by atoms with Crippen LogP contribution in [0.3, 0.4) is 0 Å². The van der Waals surface area contributed by atoms with Gasteiger partial charge in [0.15, 0.2) is 8.32 Å². The first kappa shape index (κ1) is 20.7. The normalized spacial score (nSPS) is 24.9. The highest BCUT2D eigenvalue weighted by atomic mass is 28.4. The van der Waals surface area contributed by atoms with Crippen LogP contribution in [-0.4, -0.2) is 39.2 Å². The summed E-state index contributed by atoms with van der Waals surface area (Å²) in [7, 11) is -1.85. The number of hydrogen-bond acceptors (Lipinski definition) is 4. The second-order valence-electron chi connectivity index (χ2n) is 9.10. The third-order valence-electron chi connectivity index (χ3n) is 5.66. The molecule has 0 N–H and O–H groups in total. The lowest BCUT2D eigenvalue weighted by molar-refractivity contribution is -0.139. The Hall–Kier alpha value is -0.653. The van der Waals surface area contributed by atoms with E-state index < -0.39 is 8.32 Å². The summed E-state index contributed by atoms with van der Waals surface area (Å²) in [5, 5.41) is 0.173. The summed E-state index contributed by atoms with van der Waals surface area (Å²) in [4.78, 5) is 12.0. The Balaban J connectivity index is 1.89. The number of hydrogen-bond donors (Lipinski definition) is 0. The van der Waals surface area contributed by atoms with Crippen molar-refractivity contribution in [1.82, 2.24) is 0 Å². The zero-order valence-corrected chi connectivity index (χ0v) is 17.9. The van der Waals surface area contributed by atoms with Crippen molar-refractivity contribution >= 4 is 14.3 Å². The van der Waals surface area contributed by atoms with Gasteiger partial charge < -0.3 is 13.9 Å². The quantitative estimate of drug-likeness (QED) is 0.236. The van der Waals surface area contributed by atoms with Crippen LogP contribution in [0.15, 0.2) is 11.6 Å². The molecule has 0 saturated carbocycles. The topological polar surface area (TPSA) is 48.1 Å². The third kappa shape index (κ3) is 6.54. The number of rotatable bonds is 10. The molecule has 0 aliphatic carbocycles. The lowest BCUT2D eigenvalue weighted by Crippen LogP contribution is -2.44. The molecule has 2 rings (SSSR count). The molecule has 0 aromatic heterocycles. The van der Waals surface area contributed by atoms with Crippen molar-refractivity contribution in [2.75, 3.05) is 6.61 Å². The minimum absolute atomic E-state index is 0.102. The van der Waals surface area contributed by atoms with Crippen LogP contribution in [-0.2, 0) is 18.7 Å². The van der Waals surface area contributed by atoms with Gasteiger partial charge >= 0.3 is 5.97 Å². The first-order valence-corrected chi connectivity index (χ1v) is 12.7. The van der Waals surface area contributed by atoms with E-state index in [9.17, 15) is 4.79 Å². The SMILES string of the molecule is C[C@H]1C=C(C[C@@H](CCCCCC2CO2)O[Si](C)(C)C(C)(C)C)C(=O)O1. The maximum Gasteiger partial charge on any atom is 0.334 e. The minimum atomic E-state index is -1.85. The van der Waals surface area contributed by atoms with Gasteiger partial charge in [-0.15, -0.1) is 0 Å². The Morgan fingerprint density at radius 1 is 1.28 bits per heavy atom. The molecule has 0 aromatic carbocycles. The molecule has 0 amide bonds. The number of carbonyl (C=O) groups excluding carboxylic acids is 1. The maximum atomic E-state index is 12.0. The lowest BCUT2D eigenvalue weighted by Gasteiger charge is -2.39. The molecule has 5 heteroatoms. The Morgan fingerprint density at radius 3 is 2.48 bits per heavy atom. The van der Waals surface area contributed by atoms with Crippen molar-refractivity contribution in [3.8, 4) is 0 Å². The third-order valence-corrected chi connectivity index (χ3v) is 10.2. The Bertz CT molecular complexity index is 488. The van der Waals surface area contributed by atoms with Crippen molar-refractivity contribution < 1.29 is 18.7 Å². The van der Waals surface area contributed by atoms with Gasteiger partial charge in [0.25, 0.3) is 0 Å². The Kier molecular flexibility index (Phi) is 6.91. The van der Waals surface area contributed by atoms with Gasteiger partial charge in [-0.1, -0.05) is 40.0 Å². The van der Waals surface area contributed by atoms with E-state index in [2.05, 4.69) is 33.9 Å². The molecule has 25 heavy (non-hydrogen) atoms. The van der Waals surface area contributed by atoms with Gasteiger partial charge in [-0.3, -0.25) is 0 Å². The second-order valence-corrected chi connectivity index (χ2v) is 13.9. The number of cyclic esters (lactones) is 1. The molecule has 1 unspecified atom stereocenters. The highest BCUT2D eigenvalue weighted by molar-refractivity contribution is 6.74. The molecule has 4 nitrogen and oxygen atoms in total. The van der Waals surface area contributed by atoms with Gasteiger partial charge in [-0.25, -0.2) is 4.79 Å². The van der Waals surface area contributed by atoms with Crippen LogP contribution >= 0.6 is 0 Å². The van der Waals surface area contributed by atoms with Gasteiger partial charge in [-0.05, 0) is 44.0 Å². The average Bonchev–Trinajstić information content (AvgIpc) is 3.23.